The molecular weight excluding hydrogens is 232 g/mol. The summed E-state index contributed by atoms with van der Waals surface area (Å²) in [5.74, 6) is 1.36. The third kappa shape index (κ3) is 3.89. The Kier molecular flexibility index (Phi) is 5.95. The number of hydrogen-bond donors (Lipinski definition) is 1. The van der Waals surface area contributed by atoms with Crippen molar-refractivity contribution in [3.8, 4) is 11.5 Å². The van der Waals surface area contributed by atoms with Gasteiger partial charge < -0.3 is 19.3 Å². The van der Waals surface area contributed by atoms with Gasteiger partial charge in [0.15, 0.2) is 0 Å². The molecule has 102 valence electrons. The van der Waals surface area contributed by atoms with Gasteiger partial charge in [-0.05, 0) is 31.9 Å². The number of hydrogen-bond acceptors (Lipinski definition) is 4. The van der Waals surface area contributed by atoms with Crippen molar-refractivity contribution in [2.24, 2.45) is 0 Å². The second kappa shape index (κ2) is 7.24. The monoisotopic (exact) mass is 254 g/mol. The minimum Gasteiger partial charge on any atom is -0.497 e. The van der Waals surface area contributed by atoms with E-state index in [1.165, 1.54) is 0 Å². The molecule has 2 unspecified atom stereocenters. The highest BCUT2D eigenvalue weighted by Crippen LogP contribution is 2.31. The maximum absolute atomic E-state index is 10.2. The molecule has 0 radical (unpaired) electrons. The van der Waals surface area contributed by atoms with E-state index in [2.05, 4.69) is 0 Å². The van der Waals surface area contributed by atoms with Gasteiger partial charge in [0.25, 0.3) is 0 Å². The molecule has 0 bridgehead atoms. The first-order valence-corrected chi connectivity index (χ1v) is 6.05. The highest BCUT2D eigenvalue weighted by atomic mass is 16.5. The van der Waals surface area contributed by atoms with Crippen LogP contribution in [0.4, 0.5) is 0 Å². The highest BCUT2D eigenvalue weighted by molar-refractivity contribution is 5.41. The summed E-state index contributed by atoms with van der Waals surface area (Å²) >= 11 is 0. The predicted octanol–water partition coefficient (Wildman–Crippen LogP) is 2.55. The third-order valence-corrected chi connectivity index (χ3v) is 3.05. The van der Waals surface area contributed by atoms with Crippen molar-refractivity contribution in [1.82, 2.24) is 0 Å². The minimum absolute atomic E-state index is 0.142. The first kappa shape index (κ1) is 14.8. The van der Waals surface area contributed by atoms with Crippen LogP contribution in [0.15, 0.2) is 18.2 Å². The van der Waals surface area contributed by atoms with Gasteiger partial charge in [0.05, 0.1) is 26.4 Å². The van der Waals surface area contributed by atoms with Crippen LogP contribution in [0, 0.1) is 0 Å². The summed E-state index contributed by atoms with van der Waals surface area (Å²) in [4.78, 5) is 0. The van der Waals surface area contributed by atoms with Crippen LogP contribution in [0.5, 0.6) is 11.5 Å². The summed E-state index contributed by atoms with van der Waals surface area (Å²) in [7, 11) is 4.86. The van der Waals surface area contributed by atoms with Crippen molar-refractivity contribution in [2.75, 3.05) is 21.3 Å². The van der Waals surface area contributed by atoms with Crippen LogP contribution >= 0.6 is 0 Å². The molecule has 0 heterocycles. The normalized spacial score (nSPS) is 14.1. The standard InChI is InChI=1S/C14H22O4/c1-10(16-2)5-8-13(15)12-7-6-11(17-3)9-14(12)18-4/h6-7,9-10,13,15H,5,8H2,1-4H3. The van der Waals surface area contributed by atoms with E-state index >= 15 is 0 Å². The quantitative estimate of drug-likeness (QED) is 0.812. The zero-order valence-corrected chi connectivity index (χ0v) is 11.5. The number of ether oxygens (including phenoxy) is 3. The first-order valence-electron chi connectivity index (χ1n) is 6.05. The maximum atomic E-state index is 10.2. The van der Waals surface area contributed by atoms with E-state index in [4.69, 9.17) is 14.2 Å². The molecule has 0 spiro atoms. The molecule has 1 aromatic rings. The molecule has 4 heteroatoms. The number of aliphatic hydroxyl groups is 1. The van der Waals surface area contributed by atoms with Crippen LogP contribution in [0.3, 0.4) is 0 Å². The molecule has 1 N–H and O–H groups in total. The van der Waals surface area contributed by atoms with Crippen molar-refractivity contribution in [3.05, 3.63) is 23.8 Å². The van der Waals surface area contributed by atoms with Gasteiger partial charge in [0, 0.05) is 18.7 Å². The topological polar surface area (TPSA) is 47.9 Å². The molecule has 0 aliphatic heterocycles. The average molecular weight is 254 g/mol. The lowest BCUT2D eigenvalue weighted by atomic mass is 10.0. The van der Waals surface area contributed by atoms with Crippen LogP contribution < -0.4 is 9.47 Å². The van der Waals surface area contributed by atoms with Crippen molar-refractivity contribution in [2.45, 2.75) is 32.0 Å². The van der Waals surface area contributed by atoms with Gasteiger partial charge in [-0.2, -0.15) is 0 Å². The molecule has 0 aromatic heterocycles. The SMILES string of the molecule is COc1ccc(C(O)CCC(C)OC)c(OC)c1. The Morgan fingerprint density at radius 3 is 2.39 bits per heavy atom. The molecule has 0 aliphatic rings. The highest BCUT2D eigenvalue weighted by Gasteiger charge is 2.15. The van der Waals surface area contributed by atoms with E-state index < -0.39 is 6.10 Å². The molecule has 0 fully saturated rings. The summed E-state index contributed by atoms with van der Waals surface area (Å²) in [6, 6.07) is 5.43. The largest absolute Gasteiger partial charge is 0.497 e. The summed E-state index contributed by atoms with van der Waals surface area (Å²) in [6.45, 7) is 1.98. The molecule has 0 saturated carbocycles. The van der Waals surface area contributed by atoms with Crippen LogP contribution in [0.25, 0.3) is 0 Å². The average Bonchev–Trinajstić information content (AvgIpc) is 2.43. The van der Waals surface area contributed by atoms with E-state index in [1.807, 2.05) is 19.1 Å². The molecule has 4 nitrogen and oxygen atoms in total. The maximum Gasteiger partial charge on any atom is 0.128 e. The first-order chi connectivity index (χ1) is 8.62. The third-order valence-electron chi connectivity index (χ3n) is 3.05. The minimum atomic E-state index is -0.552. The van der Waals surface area contributed by atoms with Crippen molar-refractivity contribution < 1.29 is 19.3 Å². The van der Waals surface area contributed by atoms with Gasteiger partial charge in [0.2, 0.25) is 0 Å². The van der Waals surface area contributed by atoms with Crippen molar-refractivity contribution in [3.63, 3.8) is 0 Å². The fourth-order valence-corrected chi connectivity index (χ4v) is 1.76. The van der Waals surface area contributed by atoms with Gasteiger partial charge >= 0.3 is 0 Å². The van der Waals surface area contributed by atoms with E-state index in [9.17, 15) is 5.11 Å². The van der Waals surface area contributed by atoms with Crippen LogP contribution in [0.1, 0.15) is 31.4 Å². The second-order valence-corrected chi connectivity index (χ2v) is 4.25. The smallest absolute Gasteiger partial charge is 0.128 e. The summed E-state index contributed by atoms with van der Waals surface area (Å²) in [6.07, 6.45) is 1.03. The number of rotatable bonds is 7. The summed E-state index contributed by atoms with van der Waals surface area (Å²) in [5, 5.41) is 10.2. The van der Waals surface area contributed by atoms with Crippen LogP contribution in [-0.2, 0) is 4.74 Å². The Morgan fingerprint density at radius 1 is 1.11 bits per heavy atom. The number of methoxy groups -OCH3 is 3. The molecular formula is C14H22O4. The van der Waals surface area contributed by atoms with E-state index in [-0.39, 0.29) is 6.10 Å². The van der Waals surface area contributed by atoms with E-state index in [0.29, 0.717) is 17.9 Å². The lowest BCUT2D eigenvalue weighted by molar-refractivity contribution is 0.0843. The Balaban J connectivity index is 2.75. The Hall–Kier alpha value is -1.26. The second-order valence-electron chi connectivity index (χ2n) is 4.25. The van der Waals surface area contributed by atoms with E-state index in [1.54, 1.807) is 27.4 Å². The Labute approximate surface area is 108 Å². The van der Waals surface area contributed by atoms with Gasteiger partial charge in [-0.15, -0.1) is 0 Å². The summed E-state index contributed by atoms with van der Waals surface area (Å²) in [5.41, 5.74) is 0.779. The van der Waals surface area contributed by atoms with Gasteiger partial charge in [-0.1, -0.05) is 0 Å². The molecule has 2 atom stereocenters. The lowest BCUT2D eigenvalue weighted by Gasteiger charge is -2.17. The summed E-state index contributed by atoms with van der Waals surface area (Å²) < 4.78 is 15.6. The van der Waals surface area contributed by atoms with E-state index in [0.717, 1.165) is 12.0 Å². The fourth-order valence-electron chi connectivity index (χ4n) is 1.76. The molecule has 1 rings (SSSR count). The van der Waals surface area contributed by atoms with Gasteiger partial charge in [-0.3, -0.25) is 0 Å². The molecule has 0 saturated heterocycles. The fraction of sp³-hybridized carbons (Fsp3) is 0.571. The number of benzene rings is 1. The molecule has 18 heavy (non-hydrogen) atoms. The van der Waals surface area contributed by atoms with Crippen LogP contribution in [-0.4, -0.2) is 32.5 Å². The Bertz CT molecular complexity index is 365. The zero-order chi connectivity index (χ0) is 13.5. The molecule has 0 aliphatic carbocycles. The Morgan fingerprint density at radius 2 is 1.83 bits per heavy atom. The van der Waals surface area contributed by atoms with Crippen LogP contribution in [0.2, 0.25) is 0 Å². The lowest BCUT2D eigenvalue weighted by Crippen LogP contribution is -2.08. The number of aliphatic hydroxyl groups excluding tert-OH is 1. The predicted molar refractivity (Wildman–Crippen MR) is 70.2 cm³/mol. The molecule has 1 aromatic carbocycles. The zero-order valence-electron chi connectivity index (χ0n) is 11.5. The molecule has 0 amide bonds. The van der Waals surface area contributed by atoms with Gasteiger partial charge in [-0.25, -0.2) is 0 Å². The van der Waals surface area contributed by atoms with Crippen molar-refractivity contribution in [1.29, 1.82) is 0 Å². The van der Waals surface area contributed by atoms with Gasteiger partial charge in [0.1, 0.15) is 11.5 Å². The van der Waals surface area contributed by atoms with Crippen molar-refractivity contribution >= 4 is 0 Å².